The van der Waals surface area contributed by atoms with E-state index in [1.807, 2.05) is 0 Å². The third-order valence-corrected chi connectivity index (χ3v) is 9.54. The number of rotatable bonds is 1. The van der Waals surface area contributed by atoms with Crippen LogP contribution in [0.4, 0.5) is 0 Å². The van der Waals surface area contributed by atoms with E-state index in [0.29, 0.717) is 23.5 Å². The van der Waals surface area contributed by atoms with Gasteiger partial charge in [-0.25, -0.2) is 0 Å². The summed E-state index contributed by atoms with van der Waals surface area (Å²) in [7, 11) is 0. The summed E-state index contributed by atoms with van der Waals surface area (Å²) in [4.78, 5) is 11.7. The van der Waals surface area contributed by atoms with Gasteiger partial charge < -0.3 is 14.2 Å². The Kier molecular flexibility index (Phi) is 2.74. The molecule has 138 valence electrons. The average Bonchev–Trinajstić information content (AvgIpc) is 3.42. The predicted octanol–water partition coefficient (Wildman–Crippen LogP) is 3.67. The summed E-state index contributed by atoms with van der Waals surface area (Å²) in [5, 5.41) is 0. The Morgan fingerprint density at radius 2 is 1.92 bits per heavy atom. The lowest BCUT2D eigenvalue weighted by Gasteiger charge is -2.60. The monoisotopic (exact) mass is 346 g/mol. The van der Waals surface area contributed by atoms with Crippen LogP contribution in [-0.4, -0.2) is 30.1 Å². The molecule has 6 rings (SSSR count). The quantitative estimate of drug-likeness (QED) is 0.537. The van der Waals surface area contributed by atoms with Crippen molar-refractivity contribution >= 4 is 5.97 Å². The van der Waals surface area contributed by atoms with Crippen molar-refractivity contribution in [3.05, 3.63) is 0 Å². The van der Waals surface area contributed by atoms with Gasteiger partial charge in [-0.15, -0.1) is 0 Å². The topological polar surface area (TPSA) is 51.4 Å². The van der Waals surface area contributed by atoms with Crippen molar-refractivity contribution < 1.29 is 19.0 Å². The first-order valence-electron chi connectivity index (χ1n) is 10.4. The van der Waals surface area contributed by atoms with Crippen molar-refractivity contribution in [2.75, 3.05) is 0 Å². The molecule has 10 atom stereocenters. The normalized spacial score (nSPS) is 63.4. The summed E-state index contributed by atoms with van der Waals surface area (Å²) >= 11 is 0. The van der Waals surface area contributed by atoms with Crippen LogP contribution < -0.4 is 0 Å². The fourth-order valence-electron chi connectivity index (χ4n) is 8.24. The van der Waals surface area contributed by atoms with Gasteiger partial charge in [-0.05, 0) is 74.0 Å². The second-order valence-corrected chi connectivity index (χ2v) is 10.4. The van der Waals surface area contributed by atoms with E-state index in [4.69, 9.17) is 14.2 Å². The first-order valence-corrected chi connectivity index (χ1v) is 10.4. The van der Waals surface area contributed by atoms with Crippen molar-refractivity contribution in [3.8, 4) is 0 Å². The second-order valence-electron chi connectivity index (χ2n) is 10.4. The summed E-state index contributed by atoms with van der Waals surface area (Å²) in [6.07, 6.45) is 10.1. The predicted molar refractivity (Wildman–Crippen MR) is 90.5 cm³/mol. The second kappa shape index (κ2) is 4.44. The number of epoxide rings is 2. The van der Waals surface area contributed by atoms with E-state index in [2.05, 4.69) is 13.8 Å². The zero-order valence-electron chi connectivity index (χ0n) is 15.6. The van der Waals surface area contributed by atoms with Gasteiger partial charge >= 0.3 is 5.97 Å². The number of hydrogen-bond donors (Lipinski definition) is 0. The number of ether oxygens (including phenoxy) is 3. The maximum Gasteiger partial charge on any atom is 0.305 e. The van der Waals surface area contributed by atoms with Crippen LogP contribution in [-0.2, 0) is 19.0 Å². The van der Waals surface area contributed by atoms with Crippen LogP contribution in [0.1, 0.15) is 65.7 Å². The molecular weight excluding hydrogens is 316 g/mol. The Morgan fingerprint density at radius 1 is 1.08 bits per heavy atom. The van der Waals surface area contributed by atoms with Crippen LogP contribution in [0, 0.1) is 34.5 Å². The highest BCUT2D eigenvalue weighted by Crippen LogP contribution is 2.74. The number of fused-ring (bicyclic) bond motifs is 8. The molecule has 0 aromatic heterocycles. The minimum Gasteiger partial charge on any atom is -0.430 e. The lowest BCUT2D eigenvalue weighted by Crippen LogP contribution is -2.56. The van der Waals surface area contributed by atoms with E-state index in [0.717, 1.165) is 30.6 Å². The molecule has 4 saturated carbocycles. The molecule has 4 aliphatic carbocycles. The summed E-state index contributed by atoms with van der Waals surface area (Å²) in [6.45, 7) is 6.44. The first kappa shape index (κ1) is 15.4. The van der Waals surface area contributed by atoms with Gasteiger partial charge in [0.2, 0.25) is 5.79 Å². The van der Waals surface area contributed by atoms with Gasteiger partial charge in [0.1, 0.15) is 6.10 Å². The standard InChI is InChI=1S/C21H30O4/c1-11(22)24-21-18(25-21)9-15-13-5-4-12-8-16-17(23-16)10-19(12,2)14(13)6-7-20(15,21)3/h12-18H,4-10H2,1-3H3/t12?,13?,14?,15?,16?,17?,18?,19-,20-,21+/m0/s1. The lowest BCUT2D eigenvalue weighted by molar-refractivity contribution is -0.198. The molecule has 25 heavy (non-hydrogen) atoms. The van der Waals surface area contributed by atoms with Crippen LogP contribution in [0.25, 0.3) is 0 Å². The summed E-state index contributed by atoms with van der Waals surface area (Å²) in [5.41, 5.74) is 0.477. The van der Waals surface area contributed by atoms with E-state index in [9.17, 15) is 4.79 Å². The summed E-state index contributed by atoms with van der Waals surface area (Å²) in [5.74, 6) is 2.33. The molecule has 0 radical (unpaired) electrons. The van der Waals surface area contributed by atoms with Crippen LogP contribution in [0.15, 0.2) is 0 Å². The van der Waals surface area contributed by atoms with Gasteiger partial charge in [0, 0.05) is 12.3 Å². The highest BCUT2D eigenvalue weighted by molar-refractivity contribution is 5.67. The third kappa shape index (κ3) is 1.74. The molecule has 4 heteroatoms. The molecular formula is C21H30O4. The van der Waals surface area contributed by atoms with Gasteiger partial charge in [-0.2, -0.15) is 0 Å². The van der Waals surface area contributed by atoms with E-state index in [-0.39, 0.29) is 17.5 Å². The Labute approximate surface area is 150 Å². The zero-order valence-corrected chi connectivity index (χ0v) is 15.6. The van der Waals surface area contributed by atoms with Gasteiger partial charge in [0.25, 0.3) is 0 Å². The molecule has 0 aromatic carbocycles. The third-order valence-electron chi connectivity index (χ3n) is 9.54. The highest BCUT2D eigenvalue weighted by Gasteiger charge is 2.80. The number of carbonyl (C=O) groups is 1. The highest BCUT2D eigenvalue weighted by atomic mass is 16.8. The molecule has 6 fully saturated rings. The molecule has 2 aliphatic heterocycles. The average molecular weight is 346 g/mol. The van der Waals surface area contributed by atoms with Crippen molar-refractivity contribution in [1.29, 1.82) is 0 Å². The molecule has 0 aromatic rings. The van der Waals surface area contributed by atoms with Gasteiger partial charge in [0.05, 0.1) is 12.2 Å². The molecule has 7 unspecified atom stereocenters. The van der Waals surface area contributed by atoms with Gasteiger partial charge in [0.15, 0.2) is 0 Å². The Hall–Kier alpha value is -0.610. The molecule has 4 nitrogen and oxygen atoms in total. The maximum atomic E-state index is 11.7. The minimum absolute atomic E-state index is 0.0149. The molecule has 2 saturated heterocycles. The minimum atomic E-state index is -0.594. The summed E-state index contributed by atoms with van der Waals surface area (Å²) < 4.78 is 17.7. The van der Waals surface area contributed by atoms with Crippen molar-refractivity contribution in [2.24, 2.45) is 34.5 Å². The van der Waals surface area contributed by atoms with Crippen LogP contribution in [0.2, 0.25) is 0 Å². The Morgan fingerprint density at radius 3 is 2.72 bits per heavy atom. The van der Waals surface area contributed by atoms with E-state index in [1.54, 1.807) is 0 Å². The van der Waals surface area contributed by atoms with Crippen molar-refractivity contribution in [2.45, 2.75) is 89.8 Å². The van der Waals surface area contributed by atoms with E-state index >= 15 is 0 Å². The number of carbonyl (C=O) groups excluding carboxylic acids is 1. The first-order chi connectivity index (χ1) is 11.9. The fourth-order valence-corrected chi connectivity index (χ4v) is 8.24. The molecule has 0 spiro atoms. The largest absolute Gasteiger partial charge is 0.430 e. The summed E-state index contributed by atoms with van der Waals surface area (Å²) in [6, 6.07) is 0. The Balaban J connectivity index is 1.32. The van der Waals surface area contributed by atoms with Crippen molar-refractivity contribution in [1.82, 2.24) is 0 Å². The fraction of sp³-hybridized carbons (Fsp3) is 0.952. The van der Waals surface area contributed by atoms with Crippen molar-refractivity contribution in [3.63, 3.8) is 0 Å². The van der Waals surface area contributed by atoms with Crippen LogP contribution in [0.3, 0.4) is 0 Å². The Bertz CT molecular complexity index is 648. The van der Waals surface area contributed by atoms with Gasteiger partial charge in [-0.1, -0.05) is 13.8 Å². The zero-order chi connectivity index (χ0) is 17.2. The molecule has 0 amide bonds. The molecule has 0 bridgehead atoms. The van der Waals surface area contributed by atoms with E-state index in [1.165, 1.54) is 39.0 Å². The molecule has 6 aliphatic rings. The molecule has 0 N–H and O–H groups in total. The lowest BCUT2D eigenvalue weighted by atomic mass is 9.45. The SMILES string of the molecule is CC(=O)O[C@@]12OC1CC1C3CCC4CC5OC5C[C@]4(C)C3CC[C@@]12C. The van der Waals surface area contributed by atoms with Crippen LogP contribution in [0.5, 0.6) is 0 Å². The van der Waals surface area contributed by atoms with Crippen LogP contribution >= 0.6 is 0 Å². The molecule has 2 heterocycles. The van der Waals surface area contributed by atoms with Gasteiger partial charge in [-0.3, -0.25) is 4.79 Å². The smallest absolute Gasteiger partial charge is 0.305 e. The van der Waals surface area contributed by atoms with E-state index < -0.39 is 5.79 Å². The number of esters is 1. The maximum absolute atomic E-state index is 11.7. The number of hydrogen-bond acceptors (Lipinski definition) is 4.